The van der Waals surface area contributed by atoms with Crippen LogP contribution >= 0.6 is 15.9 Å². The second-order valence-electron chi connectivity index (χ2n) is 4.43. The van der Waals surface area contributed by atoms with E-state index in [9.17, 15) is 18.0 Å². The van der Waals surface area contributed by atoms with Gasteiger partial charge in [0, 0.05) is 5.69 Å². The molecule has 118 valence electrons. The van der Waals surface area contributed by atoms with E-state index in [1.807, 2.05) is 6.92 Å². The van der Waals surface area contributed by atoms with Crippen LogP contribution in [0.1, 0.15) is 26.2 Å². The van der Waals surface area contributed by atoms with E-state index in [0.29, 0.717) is 12.1 Å². The molecule has 0 heterocycles. The van der Waals surface area contributed by atoms with Crippen molar-refractivity contribution in [1.82, 2.24) is 0 Å². The fraction of sp³-hybridized carbons (Fsp3) is 0.462. The van der Waals surface area contributed by atoms with Crippen LogP contribution in [-0.2, 0) is 4.79 Å². The number of benzene rings is 1. The van der Waals surface area contributed by atoms with Crippen LogP contribution in [-0.4, -0.2) is 18.3 Å². The number of hydrogen-bond donors (Lipinski definition) is 2. The van der Waals surface area contributed by atoms with Gasteiger partial charge in [-0.15, -0.1) is 13.2 Å². The van der Waals surface area contributed by atoms with Crippen molar-refractivity contribution in [1.29, 1.82) is 0 Å². The average molecular weight is 369 g/mol. The number of rotatable bonds is 6. The molecule has 4 nitrogen and oxygen atoms in total. The lowest BCUT2D eigenvalue weighted by Crippen LogP contribution is -2.35. The maximum atomic E-state index is 12.1. The first kappa shape index (κ1) is 17.8. The monoisotopic (exact) mass is 368 g/mol. The van der Waals surface area contributed by atoms with Gasteiger partial charge in [0.25, 0.3) is 0 Å². The van der Waals surface area contributed by atoms with Gasteiger partial charge in [0.2, 0.25) is 5.91 Å². The fourth-order valence-corrected chi connectivity index (χ4v) is 2.04. The first-order valence-electron chi connectivity index (χ1n) is 6.34. The minimum Gasteiger partial charge on any atom is -0.405 e. The maximum Gasteiger partial charge on any atom is 0.573 e. The van der Waals surface area contributed by atoms with E-state index in [0.717, 1.165) is 18.9 Å². The molecule has 0 aliphatic rings. The molecule has 1 unspecified atom stereocenters. The summed E-state index contributed by atoms with van der Waals surface area (Å²) < 4.78 is 40.3. The summed E-state index contributed by atoms with van der Waals surface area (Å²) in [6.45, 7) is 1.99. The highest BCUT2D eigenvalue weighted by atomic mass is 79.9. The fourth-order valence-electron chi connectivity index (χ4n) is 1.58. The zero-order chi connectivity index (χ0) is 16.0. The number of nitrogens with two attached hydrogens (primary N) is 1. The molecule has 1 rings (SSSR count). The Morgan fingerprint density at radius 1 is 1.48 bits per heavy atom. The lowest BCUT2D eigenvalue weighted by atomic mass is 10.1. The second-order valence-corrected chi connectivity index (χ2v) is 5.29. The molecule has 1 atom stereocenters. The van der Waals surface area contributed by atoms with Crippen LogP contribution in [0.3, 0.4) is 0 Å². The highest BCUT2D eigenvalue weighted by molar-refractivity contribution is 9.10. The molecule has 0 aromatic heterocycles. The summed E-state index contributed by atoms with van der Waals surface area (Å²) in [6, 6.07) is 3.11. The predicted octanol–water partition coefficient (Wildman–Crippen LogP) is 3.80. The molecule has 0 bridgehead atoms. The Morgan fingerprint density at radius 3 is 2.67 bits per heavy atom. The smallest absolute Gasteiger partial charge is 0.405 e. The van der Waals surface area contributed by atoms with Crippen LogP contribution in [0, 0.1) is 0 Å². The van der Waals surface area contributed by atoms with Crippen LogP contribution in [0.2, 0.25) is 0 Å². The quantitative estimate of drug-likeness (QED) is 0.802. The Morgan fingerprint density at radius 2 is 2.14 bits per heavy atom. The van der Waals surface area contributed by atoms with Gasteiger partial charge in [-0.05, 0) is 40.5 Å². The highest BCUT2D eigenvalue weighted by Crippen LogP contribution is 2.32. The number of hydrogen-bond acceptors (Lipinski definition) is 3. The van der Waals surface area contributed by atoms with Crippen LogP contribution in [0.5, 0.6) is 5.75 Å². The standard InChI is InChI=1S/C13H16BrF3N2O2/c1-2-3-4-10(18)12(20)19-8-5-6-11(9(14)7-8)21-13(15,16)17/h5-7,10H,2-4,18H2,1H3,(H,19,20). The van der Waals surface area contributed by atoms with Crippen molar-refractivity contribution < 1.29 is 22.7 Å². The number of carbonyl (C=O) groups excluding carboxylic acids is 1. The molecule has 8 heteroatoms. The normalized spacial score (nSPS) is 12.9. The van der Waals surface area contributed by atoms with E-state index in [1.54, 1.807) is 0 Å². The first-order valence-corrected chi connectivity index (χ1v) is 7.14. The SMILES string of the molecule is CCCCC(N)C(=O)Nc1ccc(OC(F)(F)F)c(Br)c1. The Hall–Kier alpha value is -1.28. The molecule has 0 radical (unpaired) electrons. The molecule has 1 aromatic rings. The molecule has 21 heavy (non-hydrogen) atoms. The first-order chi connectivity index (χ1) is 9.73. The summed E-state index contributed by atoms with van der Waals surface area (Å²) in [5.74, 6) is -0.754. The number of carbonyl (C=O) groups is 1. The van der Waals surface area contributed by atoms with E-state index in [4.69, 9.17) is 5.73 Å². The van der Waals surface area contributed by atoms with Gasteiger partial charge in [-0.2, -0.15) is 0 Å². The molecule has 1 amide bonds. The third-order valence-corrected chi connectivity index (χ3v) is 3.25. The van der Waals surface area contributed by atoms with E-state index in [-0.39, 0.29) is 16.1 Å². The minimum absolute atomic E-state index is 0.0831. The highest BCUT2D eigenvalue weighted by Gasteiger charge is 2.32. The van der Waals surface area contributed by atoms with E-state index in [1.165, 1.54) is 12.1 Å². The van der Waals surface area contributed by atoms with Crippen LogP contribution in [0.4, 0.5) is 18.9 Å². The summed E-state index contributed by atoms with van der Waals surface area (Å²) >= 11 is 2.96. The van der Waals surface area contributed by atoms with Gasteiger partial charge in [-0.25, -0.2) is 0 Å². The van der Waals surface area contributed by atoms with Gasteiger partial charge in [-0.1, -0.05) is 19.8 Å². The van der Waals surface area contributed by atoms with Crippen LogP contribution in [0.25, 0.3) is 0 Å². The number of anilines is 1. The number of amides is 1. The molecule has 0 saturated carbocycles. The molecule has 0 aliphatic carbocycles. The molecular formula is C13H16BrF3N2O2. The van der Waals surface area contributed by atoms with Crippen LogP contribution in [0.15, 0.2) is 22.7 Å². The third kappa shape index (κ3) is 6.34. The number of alkyl halides is 3. The van der Waals surface area contributed by atoms with Crippen molar-refractivity contribution >= 4 is 27.5 Å². The molecule has 0 spiro atoms. The summed E-state index contributed by atoms with van der Waals surface area (Å²) in [4.78, 5) is 11.8. The Bertz CT molecular complexity index is 495. The van der Waals surface area contributed by atoms with Gasteiger partial charge in [0.05, 0.1) is 10.5 Å². The summed E-state index contributed by atoms with van der Waals surface area (Å²) in [5.41, 5.74) is 6.05. The number of halogens is 4. The minimum atomic E-state index is -4.77. The molecular weight excluding hydrogens is 353 g/mol. The van der Waals surface area contributed by atoms with Crippen molar-refractivity contribution in [2.75, 3.05) is 5.32 Å². The van der Waals surface area contributed by atoms with Crippen LogP contribution < -0.4 is 15.8 Å². The number of ether oxygens (including phenoxy) is 1. The molecule has 3 N–H and O–H groups in total. The molecule has 0 fully saturated rings. The largest absolute Gasteiger partial charge is 0.573 e. The van der Waals surface area contributed by atoms with E-state index < -0.39 is 12.4 Å². The topological polar surface area (TPSA) is 64.4 Å². The van der Waals surface area contributed by atoms with Crippen molar-refractivity contribution in [2.24, 2.45) is 5.73 Å². The van der Waals surface area contributed by atoms with E-state index in [2.05, 4.69) is 26.0 Å². The van der Waals surface area contributed by atoms with Crippen molar-refractivity contribution in [3.8, 4) is 5.75 Å². The summed E-state index contributed by atoms with van der Waals surface area (Å²) in [5, 5.41) is 2.55. The Kier molecular flexibility index (Phi) is 6.47. The summed E-state index contributed by atoms with van der Waals surface area (Å²) in [7, 11) is 0. The number of nitrogens with one attached hydrogen (secondary N) is 1. The molecule has 0 aliphatic heterocycles. The van der Waals surface area contributed by atoms with Gasteiger partial charge in [0.15, 0.2) is 0 Å². The zero-order valence-corrected chi connectivity index (χ0v) is 12.9. The van der Waals surface area contributed by atoms with Gasteiger partial charge in [0.1, 0.15) is 5.75 Å². The van der Waals surface area contributed by atoms with Gasteiger partial charge in [-0.3, -0.25) is 4.79 Å². The second kappa shape index (κ2) is 7.65. The van der Waals surface area contributed by atoms with Crippen molar-refractivity contribution in [3.63, 3.8) is 0 Å². The molecule has 1 aromatic carbocycles. The summed E-state index contributed by atoms with van der Waals surface area (Å²) in [6.07, 6.45) is -2.46. The average Bonchev–Trinajstić information content (AvgIpc) is 2.37. The van der Waals surface area contributed by atoms with Gasteiger partial charge < -0.3 is 15.8 Å². The zero-order valence-electron chi connectivity index (χ0n) is 11.3. The van der Waals surface area contributed by atoms with Crippen molar-refractivity contribution in [3.05, 3.63) is 22.7 Å². The van der Waals surface area contributed by atoms with E-state index >= 15 is 0 Å². The maximum absolute atomic E-state index is 12.1. The third-order valence-electron chi connectivity index (χ3n) is 2.63. The Labute approximate surface area is 129 Å². The van der Waals surface area contributed by atoms with Gasteiger partial charge >= 0.3 is 6.36 Å². The lowest BCUT2D eigenvalue weighted by molar-refractivity contribution is -0.274. The van der Waals surface area contributed by atoms with Crippen molar-refractivity contribution in [2.45, 2.75) is 38.6 Å². The Balaban J connectivity index is 2.69. The lowest BCUT2D eigenvalue weighted by Gasteiger charge is -2.14. The number of unbranched alkanes of at least 4 members (excludes halogenated alkanes) is 1. The molecule has 0 saturated heterocycles. The predicted molar refractivity (Wildman–Crippen MR) is 77.0 cm³/mol.